The van der Waals surface area contributed by atoms with Gasteiger partial charge >= 0.3 is 5.69 Å². The number of rotatable bonds is 4. The molecule has 0 unspecified atom stereocenters. The van der Waals surface area contributed by atoms with E-state index in [-0.39, 0.29) is 5.78 Å². The van der Waals surface area contributed by atoms with Crippen molar-refractivity contribution in [3.63, 3.8) is 0 Å². The zero-order valence-electron chi connectivity index (χ0n) is 17.9. The van der Waals surface area contributed by atoms with Gasteiger partial charge in [0.2, 0.25) is 0 Å². The number of fused-ring (bicyclic) bond motifs is 3. The van der Waals surface area contributed by atoms with Gasteiger partial charge < -0.3 is 10.1 Å². The maximum atomic E-state index is 13.4. The SMILES string of the molecule is O=C1C2=C(Nc3[nH]c(=O)[nH]c(=O)c3[C@@H]2c2ccc(OCc3ccccc3)cc2)c2ccccc21. The number of Topliss-reactive ketones (excluding diaryl/α,β-unsaturated/α-hetero) is 1. The molecule has 1 atom stereocenters. The van der Waals surface area contributed by atoms with Crippen molar-refractivity contribution < 1.29 is 9.53 Å². The minimum Gasteiger partial charge on any atom is -0.489 e. The van der Waals surface area contributed by atoms with Crippen LogP contribution < -0.4 is 21.3 Å². The molecule has 2 heterocycles. The van der Waals surface area contributed by atoms with Gasteiger partial charge in [0.15, 0.2) is 5.78 Å². The third-order valence-corrected chi connectivity index (χ3v) is 6.22. The second-order valence-electron chi connectivity index (χ2n) is 8.26. The van der Waals surface area contributed by atoms with Crippen LogP contribution in [0.4, 0.5) is 5.82 Å². The van der Waals surface area contributed by atoms with Crippen molar-refractivity contribution >= 4 is 17.3 Å². The number of nitrogens with one attached hydrogen (secondary N) is 3. The van der Waals surface area contributed by atoms with Crippen molar-refractivity contribution in [3.8, 4) is 5.75 Å². The minimum atomic E-state index is -0.644. The number of hydrogen-bond acceptors (Lipinski definition) is 5. The number of aromatic nitrogens is 2. The van der Waals surface area contributed by atoms with E-state index in [0.717, 1.165) is 16.7 Å². The number of carbonyl (C=O) groups is 1. The van der Waals surface area contributed by atoms with Crippen LogP contribution in [0.5, 0.6) is 5.75 Å². The number of benzene rings is 3. The first kappa shape index (κ1) is 20.0. The molecule has 166 valence electrons. The molecule has 1 aliphatic heterocycles. The summed E-state index contributed by atoms with van der Waals surface area (Å²) in [5.74, 6) is 0.192. The first-order valence-corrected chi connectivity index (χ1v) is 10.9. The molecule has 0 bridgehead atoms. The molecule has 3 N–H and O–H groups in total. The van der Waals surface area contributed by atoms with E-state index in [2.05, 4.69) is 15.3 Å². The zero-order chi connectivity index (χ0) is 23.2. The fraction of sp³-hybridized carbons (Fsp3) is 0.0741. The summed E-state index contributed by atoms with van der Waals surface area (Å²) in [6, 6.07) is 24.5. The number of H-pyrrole nitrogens is 2. The van der Waals surface area contributed by atoms with Gasteiger partial charge in [-0.05, 0) is 23.3 Å². The number of aromatic amines is 2. The molecule has 2 aliphatic rings. The van der Waals surface area contributed by atoms with Crippen LogP contribution in [-0.2, 0) is 6.61 Å². The molecule has 7 nitrogen and oxygen atoms in total. The topological polar surface area (TPSA) is 104 Å². The number of carbonyl (C=O) groups excluding carboxylic acids is 1. The summed E-state index contributed by atoms with van der Waals surface area (Å²) in [7, 11) is 0. The van der Waals surface area contributed by atoms with Crippen LogP contribution in [-0.4, -0.2) is 15.8 Å². The Labute approximate surface area is 193 Å². The standard InChI is InChI=1S/C27H19N3O4/c31-24-19-9-5-4-8-18(19)23-21(24)20(22-25(28-23)29-27(33)30-26(22)32)16-10-12-17(13-11-16)34-14-15-6-2-1-3-7-15/h1-13,20H,14H2,(H3,28,29,30,32,33)/t20-/m1/s1. The van der Waals surface area contributed by atoms with E-state index in [9.17, 15) is 14.4 Å². The van der Waals surface area contributed by atoms with Crippen LogP contribution in [0.2, 0.25) is 0 Å². The molecule has 7 heteroatoms. The van der Waals surface area contributed by atoms with Crippen LogP contribution in [0, 0.1) is 0 Å². The molecule has 34 heavy (non-hydrogen) atoms. The van der Waals surface area contributed by atoms with E-state index in [4.69, 9.17) is 4.74 Å². The molecule has 3 aromatic carbocycles. The van der Waals surface area contributed by atoms with Crippen LogP contribution in [0.3, 0.4) is 0 Å². The Morgan fingerprint density at radius 1 is 0.765 bits per heavy atom. The molecule has 0 saturated heterocycles. The summed E-state index contributed by atoms with van der Waals surface area (Å²) >= 11 is 0. The average Bonchev–Trinajstić information content (AvgIpc) is 3.14. The highest BCUT2D eigenvalue weighted by Crippen LogP contribution is 2.47. The predicted octanol–water partition coefficient (Wildman–Crippen LogP) is 3.81. The van der Waals surface area contributed by atoms with Gasteiger partial charge in [0.05, 0.1) is 11.3 Å². The van der Waals surface area contributed by atoms with Gasteiger partial charge in [0.1, 0.15) is 18.2 Å². The van der Waals surface area contributed by atoms with Gasteiger partial charge in [0, 0.05) is 22.6 Å². The highest BCUT2D eigenvalue weighted by Gasteiger charge is 2.41. The van der Waals surface area contributed by atoms with Gasteiger partial charge in [-0.15, -0.1) is 0 Å². The Morgan fingerprint density at radius 2 is 1.47 bits per heavy atom. The summed E-state index contributed by atoms with van der Waals surface area (Å²) in [5.41, 5.74) is 3.39. The van der Waals surface area contributed by atoms with E-state index >= 15 is 0 Å². The molecular formula is C27H19N3O4. The lowest BCUT2D eigenvalue weighted by atomic mass is 9.81. The lowest BCUT2D eigenvalue weighted by molar-refractivity contribution is 0.103. The summed E-state index contributed by atoms with van der Waals surface area (Å²) in [5, 5.41) is 3.14. The van der Waals surface area contributed by atoms with Gasteiger partial charge in [0.25, 0.3) is 5.56 Å². The molecular weight excluding hydrogens is 430 g/mol. The third-order valence-electron chi connectivity index (χ3n) is 6.22. The van der Waals surface area contributed by atoms with E-state index in [1.54, 1.807) is 6.07 Å². The number of hydrogen-bond donors (Lipinski definition) is 3. The maximum absolute atomic E-state index is 13.4. The van der Waals surface area contributed by atoms with E-state index < -0.39 is 17.2 Å². The molecule has 4 aromatic rings. The largest absolute Gasteiger partial charge is 0.489 e. The number of ketones is 1. The monoisotopic (exact) mass is 449 g/mol. The number of ether oxygens (including phenoxy) is 1. The molecule has 1 aromatic heterocycles. The Balaban J connectivity index is 1.43. The van der Waals surface area contributed by atoms with Crippen LogP contribution in [0.1, 0.15) is 38.5 Å². The smallest absolute Gasteiger partial charge is 0.327 e. The van der Waals surface area contributed by atoms with Gasteiger partial charge in [-0.2, -0.15) is 0 Å². The lowest BCUT2D eigenvalue weighted by Gasteiger charge is -2.27. The molecule has 0 amide bonds. The van der Waals surface area contributed by atoms with Crippen LogP contribution >= 0.6 is 0 Å². The Bertz CT molecular complexity index is 1580. The second kappa shape index (κ2) is 7.74. The normalized spacial score (nSPS) is 15.9. The van der Waals surface area contributed by atoms with Crippen molar-refractivity contribution in [2.24, 2.45) is 0 Å². The van der Waals surface area contributed by atoms with Crippen molar-refractivity contribution in [2.75, 3.05) is 5.32 Å². The Morgan fingerprint density at radius 3 is 2.24 bits per heavy atom. The van der Waals surface area contributed by atoms with Crippen LogP contribution in [0.25, 0.3) is 5.70 Å². The summed E-state index contributed by atoms with van der Waals surface area (Å²) in [4.78, 5) is 43.3. The first-order valence-electron chi connectivity index (χ1n) is 10.9. The van der Waals surface area contributed by atoms with E-state index in [0.29, 0.717) is 40.6 Å². The quantitative estimate of drug-likeness (QED) is 0.440. The fourth-order valence-electron chi connectivity index (χ4n) is 4.68. The predicted molar refractivity (Wildman–Crippen MR) is 128 cm³/mol. The van der Waals surface area contributed by atoms with Crippen molar-refractivity contribution in [1.29, 1.82) is 0 Å². The molecule has 6 rings (SSSR count). The Hall–Kier alpha value is -4.65. The summed E-state index contributed by atoms with van der Waals surface area (Å²) in [6.07, 6.45) is 0. The number of anilines is 1. The molecule has 0 radical (unpaired) electrons. The van der Waals surface area contributed by atoms with Crippen molar-refractivity contribution in [1.82, 2.24) is 9.97 Å². The minimum absolute atomic E-state index is 0.135. The van der Waals surface area contributed by atoms with Crippen LogP contribution in [0.15, 0.2) is 94.0 Å². The van der Waals surface area contributed by atoms with E-state index in [1.807, 2.05) is 72.8 Å². The maximum Gasteiger partial charge on any atom is 0.327 e. The number of allylic oxidation sites excluding steroid dienone is 1. The Kier molecular flexibility index (Phi) is 4.55. The first-order chi connectivity index (χ1) is 16.6. The zero-order valence-corrected chi connectivity index (χ0v) is 17.9. The highest BCUT2D eigenvalue weighted by molar-refractivity contribution is 6.23. The molecule has 0 spiro atoms. The highest BCUT2D eigenvalue weighted by atomic mass is 16.5. The molecule has 0 fully saturated rings. The molecule has 0 saturated carbocycles. The fourth-order valence-corrected chi connectivity index (χ4v) is 4.68. The van der Waals surface area contributed by atoms with Gasteiger partial charge in [-0.1, -0.05) is 66.7 Å². The second-order valence-corrected chi connectivity index (χ2v) is 8.26. The van der Waals surface area contributed by atoms with Gasteiger partial charge in [-0.25, -0.2) is 4.79 Å². The van der Waals surface area contributed by atoms with Crippen molar-refractivity contribution in [2.45, 2.75) is 12.5 Å². The van der Waals surface area contributed by atoms with Gasteiger partial charge in [-0.3, -0.25) is 19.6 Å². The van der Waals surface area contributed by atoms with E-state index in [1.165, 1.54) is 0 Å². The average molecular weight is 449 g/mol. The third kappa shape index (κ3) is 3.17. The molecule has 1 aliphatic carbocycles. The van der Waals surface area contributed by atoms with Crippen molar-refractivity contribution in [3.05, 3.63) is 133 Å². The summed E-state index contributed by atoms with van der Waals surface area (Å²) < 4.78 is 5.90. The lowest BCUT2D eigenvalue weighted by Crippen LogP contribution is -2.33. The summed E-state index contributed by atoms with van der Waals surface area (Å²) in [6.45, 7) is 0.431.